The molecule has 0 fully saturated rings. The molecule has 5 nitrogen and oxygen atoms in total. The Labute approximate surface area is 124 Å². The zero-order valence-electron chi connectivity index (χ0n) is 12.6. The summed E-state index contributed by atoms with van der Waals surface area (Å²) in [7, 11) is 0. The number of fused-ring (bicyclic) bond motifs is 1. The van der Waals surface area contributed by atoms with Gasteiger partial charge in [0.2, 0.25) is 0 Å². The number of anilines is 1. The first-order valence-electron chi connectivity index (χ1n) is 6.73. The number of hydrazone groups is 1. The van der Waals surface area contributed by atoms with Gasteiger partial charge < -0.3 is 4.98 Å². The quantitative estimate of drug-likeness (QED) is 0.526. The van der Waals surface area contributed by atoms with Crippen molar-refractivity contribution in [2.45, 2.75) is 27.2 Å². The van der Waals surface area contributed by atoms with Crippen LogP contribution in [0.2, 0.25) is 0 Å². The van der Waals surface area contributed by atoms with Crippen LogP contribution in [0.1, 0.15) is 27.2 Å². The van der Waals surface area contributed by atoms with Crippen molar-refractivity contribution < 1.29 is 0 Å². The summed E-state index contributed by atoms with van der Waals surface area (Å²) in [6.45, 7) is 9.90. The Morgan fingerprint density at radius 2 is 2.29 bits per heavy atom. The summed E-state index contributed by atoms with van der Waals surface area (Å²) in [6, 6.07) is 6.03. The third-order valence-electron chi connectivity index (χ3n) is 2.98. The molecule has 2 heterocycles. The molecule has 2 aromatic heterocycles. The fourth-order valence-electron chi connectivity index (χ4n) is 2.17. The summed E-state index contributed by atoms with van der Waals surface area (Å²) in [5, 5.41) is 15.9. The zero-order valence-corrected chi connectivity index (χ0v) is 12.6. The lowest BCUT2D eigenvalue weighted by Crippen LogP contribution is -2.11. The van der Waals surface area contributed by atoms with Crippen LogP contribution in [0.3, 0.4) is 0 Å². The zero-order chi connectivity index (χ0) is 15.5. The summed E-state index contributed by atoms with van der Waals surface area (Å²) < 4.78 is 0. The molecular weight excluding hydrogens is 262 g/mol. The van der Waals surface area contributed by atoms with Gasteiger partial charge in [-0.05, 0) is 24.0 Å². The molecule has 2 aromatic rings. The second kappa shape index (κ2) is 5.80. The lowest BCUT2D eigenvalue weighted by atomic mass is 9.88. The Balaban J connectivity index is 2.42. The molecule has 0 spiro atoms. The van der Waals surface area contributed by atoms with Crippen LogP contribution in [-0.2, 0) is 0 Å². The molecule has 0 amide bonds. The Bertz CT molecular complexity index is 712. The lowest BCUT2D eigenvalue weighted by molar-refractivity contribution is 0.413. The van der Waals surface area contributed by atoms with Gasteiger partial charge >= 0.3 is 0 Å². The van der Waals surface area contributed by atoms with Crippen molar-refractivity contribution in [3.05, 3.63) is 36.3 Å². The van der Waals surface area contributed by atoms with Crippen molar-refractivity contribution in [2.75, 3.05) is 5.01 Å². The van der Waals surface area contributed by atoms with Gasteiger partial charge in [-0.1, -0.05) is 20.8 Å². The Morgan fingerprint density at radius 1 is 1.52 bits per heavy atom. The van der Waals surface area contributed by atoms with Crippen molar-refractivity contribution in [1.29, 1.82) is 5.26 Å². The van der Waals surface area contributed by atoms with Gasteiger partial charge in [0.05, 0.1) is 11.8 Å². The fourth-order valence-corrected chi connectivity index (χ4v) is 2.17. The highest BCUT2D eigenvalue weighted by Crippen LogP contribution is 2.28. The van der Waals surface area contributed by atoms with Crippen molar-refractivity contribution in [3.8, 4) is 6.07 Å². The van der Waals surface area contributed by atoms with E-state index in [1.54, 1.807) is 17.4 Å². The largest absolute Gasteiger partial charge is 0.346 e. The third-order valence-corrected chi connectivity index (χ3v) is 2.98. The van der Waals surface area contributed by atoms with E-state index in [0.29, 0.717) is 12.0 Å². The Hall–Kier alpha value is -2.61. The monoisotopic (exact) mass is 281 g/mol. The number of H-pyrrole nitrogens is 1. The second-order valence-electron chi connectivity index (χ2n) is 6.06. The van der Waals surface area contributed by atoms with E-state index in [4.69, 9.17) is 0 Å². The summed E-state index contributed by atoms with van der Waals surface area (Å²) >= 11 is 0. The molecule has 21 heavy (non-hydrogen) atoms. The minimum Gasteiger partial charge on any atom is -0.346 e. The number of rotatable bonds is 4. The van der Waals surface area contributed by atoms with Gasteiger partial charge in [-0.2, -0.15) is 10.4 Å². The minimum atomic E-state index is 0.0378. The number of hydrogen-bond acceptors (Lipinski definition) is 4. The summed E-state index contributed by atoms with van der Waals surface area (Å²) in [5.74, 6) is 0. The minimum absolute atomic E-state index is 0.0378. The van der Waals surface area contributed by atoms with E-state index < -0.39 is 0 Å². The van der Waals surface area contributed by atoms with Gasteiger partial charge in [-0.3, -0.25) is 0 Å². The van der Waals surface area contributed by atoms with Gasteiger partial charge in [0.1, 0.15) is 5.65 Å². The van der Waals surface area contributed by atoms with Crippen molar-refractivity contribution in [3.63, 3.8) is 0 Å². The Kier molecular flexibility index (Phi) is 4.08. The smallest absolute Gasteiger partial charge is 0.139 e. The average molecular weight is 281 g/mol. The van der Waals surface area contributed by atoms with Crippen LogP contribution in [-0.4, -0.2) is 16.7 Å². The number of allylic oxidation sites excluding steroid dienone is 1. The van der Waals surface area contributed by atoms with Gasteiger partial charge in [-0.15, -0.1) is 0 Å². The molecule has 0 aliphatic heterocycles. The van der Waals surface area contributed by atoms with Crippen LogP contribution in [0.25, 0.3) is 11.0 Å². The summed E-state index contributed by atoms with van der Waals surface area (Å²) in [5.41, 5.74) is 2.33. The molecule has 0 radical (unpaired) electrons. The molecule has 0 bridgehead atoms. The normalized spacial score (nSPS) is 12.2. The molecule has 5 heteroatoms. The molecular formula is C16H19N5. The van der Waals surface area contributed by atoms with Crippen molar-refractivity contribution in [1.82, 2.24) is 9.97 Å². The molecule has 0 aromatic carbocycles. The Morgan fingerprint density at radius 3 is 2.90 bits per heavy atom. The summed E-state index contributed by atoms with van der Waals surface area (Å²) in [6.07, 6.45) is 5.94. The number of hydrogen-bond donors (Lipinski definition) is 1. The lowest BCUT2D eigenvalue weighted by Gasteiger charge is -2.20. The van der Waals surface area contributed by atoms with E-state index in [1.165, 1.54) is 0 Å². The van der Waals surface area contributed by atoms with E-state index in [2.05, 4.69) is 48.6 Å². The molecule has 0 aliphatic carbocycles. The average Bonchev–Trinajstić information content (AvgIpc) is 2.90. The number of aromatic amines is 1. The standard InChI is InChI=1S/C16H19N5/c1-16(2,3)9-12(10-17)11-21(18-4)14-6-8-20-15-13(14)5-7-19-15/h5-8,11H,4,9H2,1-3H3,(H,19,20)/b12-11+. The van der Waals surface area contributed by atoms with Gasteiger partial charge in [0.25, 0.3) is 0 Å². The van der Waals surface area contributed by atoms with Crippen LogP contribution >= 0.6 is 0 Å². The van der Waals surface area contributed by atoms with Gasteiger partial charge in [0.15, 0.2) is 0 Å². The molecule has 0 unspecified atom stereocenters. The fraction of sp³-hybridized carbons (Fsp3) is 0.312. The molecule has 108 valence electrons. The SMILES string of the molecule is C=NN(/C=C(/C#N)CC(C)(C)C)c1ccnc2[nH]ccc12. The molecule has 0 saturated heterocycles. The molecule has 1 N–H and O–H groups in total. The number of nitrogens with zero attached hydrogens (tertiary/aromatic N) is 4. The third kappa shape index (κ3) is 3.48. The molecule has 0 saturated carbocycles. The van der Waals surface area contributed by atoms with Crippen molar-refractivity contribution >= 4 is 23.4 Å². The van der Waals surface area contributed by atoms with Crippen molar-refractivity contribution in [2.24, 2.45) is 10.5 Å². The van der Waals surface area contributed by atoms with Gasteiger partial charge in [0, 0.05) is 36.3 Å². The first-order chi connectivity index (χ1) is 9.94. The first kappa shape index (κ1) is 14.8. The van der Waals surface area contributed by atoms with Crippen LogP contribution in [0.5, 0.6) is 0 Å². The first-order valence-corrected chi connectivity index (χ1v) is 6.73. The number of nitrogens with one attached hydrogen (secondary N) is 1. The van der Waals surface area contributed by atoms with Crippen LogP contribution in [0, 0.1) is 16.7 Å². The van der Waals surface area contributed by atoms with E-state index in [0.717, 1.165) is 16.7 Å². The van der Waals surface area contributed by atoms with E-state index in [-0.39, 0.29) is 5.41 Å². The highest BCUT2D eigenvalue weighted by atomic mass is 15.4. The summed E-state index contributed by atoms with van der Waals surface area (Å²) in [4.78, 5) is 7.31. The molecule has 0 aliphatic rings. The predicted octanol–water partition coefficient (Wildman–Crippen LogP) is 3.83. The van der Waals surface area contributed by atoms with Crippen LogP contribution < -0.4 is 5.01 Å². The predicted molar refractivity (Wildman–Crippen MR) is 85.9 cm³/mol. The highest BCUT2D eigenvalue weighted by Gasteiger charge is 2.15. The maximum atomic E-state index is 9.33. The topological polar surface area (TPSA) is 68.1 Å². The number of pyridine rings is 1. The maximum absolute atomic E-state index is 9.33. The highest BCUT2D eigenvalue weighted by molar-refractivity contribution is 5.90. The van der Waals surface area contributed by atoms with E-state index in [1.807, 2.05) is 18.3 Å². The molecule has 0 atom stereocenters. The molecule has 2 rings (SSSR count). The number of nitriles is 1. The van der Waals surface area contributed by atoms with Gasteiger partial charge in [-0.25, -0.2) is 9.99 Å². The van der Waals surface area contributed by atoms with Crippen LogP contribution in [0.15, 0.2) is 41.4 Å². The van der Waals surface area contributed by atoms with E-state index in [9.17, 15) is 5.26 Å². The second-order valence-corrected chi connectivity index (χ2v) is 6.06. The van der Waals surface area contributed by atoms with E-state index >= 15 is 0 Å². The number of aromatic nitrogens is 2. The van der Waals surface area contributed by atoms with Crippen LogP contribution in [0.4, 0.5) is 5.69 Å². The maximum Gasteiger partial charge on any atom is 0.139 e.